The summed E-state index contributed by atoms with van der Waals surface area (Å²) in [7, 11) is 0. The molecule has 0 spiro atoms. The monoisotopic (exact) mass is 362 g/mol. The van der Waals surface area contributed by atoms with Crippen LogP contribution in [0.25, 0.3) is 11.4 Å². The normalized spacial score (nSPS) is 10.5. The van der Waals surface area contributed by atoms with E-state index in [9.17, 15) is 13.6 Å². The van der Waals surface area contributed by atoms with Gasteiger partial charge in [-0.05, 0) is 34.7 Å². The summed E-state index contributed by atoms with van der Waals surface area (Å²) < 4.78 is 34.3. The zero-order valence-corrected chi connectivity index (χ0v) is 13.2. The summed E-state index contributed by atoms with van der Waals surface area (Å²) in [5.74, 6) is 0.968. The van der Waals surface area contributed by atoms with E-state index in [0.717, 1.165) is 16.8 Å². The molecule has 9 heteroatoms. The zero-order valence-electron chi connectivity index (χ0n) is 12.5. The van der Waals surface area contributed by atoms with Crippen molar-refractivity contribution in [2.45, 2.75) is 0 Å². The van der Waals surface area contributed by atoms with Crippen LogP contribution in [-0.2, 0) is 0 Å². The first-order valence-electron chi connectivity index (χ1n) is 6.88. The van der Waals surface area contributed by atoms with E-state index in [4.69, 9.17) is 22.8 Å². The number of aromatic nitrogens is 4. The third-order valence-electron chi connectivity index (χ3n) is 3.17. The van der Waals surface area contributed by atoms with Gasteiger partial charge in [0.25, 0.3) is 0 Å². The summed E-state index contributed by atoms with van der Waals surface area (Å²) in [6, 6.07) is 7.33. The highest BCUT2D eigenvalue weighted by Crippen LogP contribution is 2.29. The van der Waals surface area contributed by atoms with E-state index in [0.29, 0.717) is 4.68 Å². The lowest BCUT2D eigenvalue weighted by Crippen LogP contribution is -2.24. The minimum Gasteiger partial charge on any atom is -0.479 e. The van der Waals surface area contributed by atoms with Crippen LogP contribution in [0.4, 0.5) is 8.78 Å². The first-order chi connectivity index (χ1) is 12.0. The van der Waals surface area contributed by atoms with E-state index in [2.05, 4.69) is 16.3 Å². The summed E-state index contributed by atoms with van der Waals surface area (Å²) in [5.41, 5.74) is -0.881. The van der Waals surface area contributed by atoms with Crippen LogP contribution in [0.2, 0.25) is 5.02 Å². The molecule has 0 N–H and O–H groups in total. The minimum atomic E-state index is -0.813. The molecular formula is C16H9ClF2N4O2. The maximum Gasteiger partial charge on any atom is 0.373 e. The molecular weight excluding hydrogens is 354 g/mol. The highest BCUT2D eigenvalue weighted by Gasteiger charge is 2.17. The highest BCUT2D eigenvalue weighted by molar-refractivity contribution is 6.32. The van der Waals surface area contributed by atoms with Crippen LogP contribution >= 0.6 is 11.6 Å². The van der Waals surface area contributed by atoms with Crippen LogP contribution < -0.4 is 10.4 Å². The van der Waals surface area contributed by atoms with Crippen molar-refractivity contribution < 1.29 is 13.5 Å². The van der Waals surface area contributed by atoms with E-state index >= 15 is 0 Å². The van der Waals surface area contributed by atoms with Crippen LogP contribution in [0.15, 0.2) is 41.2 Å². The Balaban J connectivity index is 2.09. The van der Waals surface area contributed by atoms with Gasteiger partial charge in [0.05, 0.1) is 10.7 Å². The second kappa shape index (κ2) is 6.75. The molecule has 0 saturated carbocycles. The largest absolute Gasteiger partial charge is 0.479 e. The number of tetrazole rings is 1. The number of rotatable bonds is 4. The van der Waals surface area contributed by atoms with Gasteiger partial charge in [-0.2, -0.15) is 9.36 Å². The molecule has 0 radical (unpaired) electrons. The van der Waals surface area contributed by atoms with Crippen molar-refractivity contribution >= 4 is 11.6 Å². The van der Waals surface area contributed by atoms with E-state index in [-0.39, 0.29) is 28.8 Å². The summed E-state index contributed by atoms with van der Waals surface area (Å²) in [6.07, 6.45) is 5.11. The molecule has 3 aromatic rings. The van der Waals surface area contributed by atoms with Crippen molar-refractivity contribution in [1.82, 2.24) is 19.8 Å². The van der Waals surface area contributed by atoms with Gasteiger partial charge in [0, 0.05) is 6.07 Å². The molecule has 0 saturated heterocycles. The fourth-order valence-electron chi connectivity index (χ4n) is 2.08. The van der Waals surface area contributed by atoms with Gasteiger partial charge in [0.15, 0.2) is 5.82 Å². The summed E-state index contributed by atoms with van der Waals surface area (Å²) in [5, 5.41) is 7.24. The first kappa shape index (κ1) is 16.7. The van der Waals surface area contributed by atoms with Crippen molar-refractivity contribution in [2.24, 2.45) is 0 Å². The molecule has 1 aromatic heterocycles. The van der Waals surface area contributed by atoms with Crippen LogP contribution in [-0.4, -0.2) is 26.4 Å². The molecule has 6 nitrogen and oxygen atoms in total. The second-order valence-corrected chi connectivity index (χ2v) is 5.20. The molecule has 0 atom stereocenters. The third-order valence-corrected chi connectivity index (χ3v) is 3.47. The molecule has 0 fully saturated rings. The summed E-state index contributed by atoms with van der Waals surface area (Å²) in [4.78, 5) is 12.4. The van der Waals surface area contributed by atoms with Crippen molar-refractivity contribution in [3.63, 3.8) is 0 Å². The topological polar surface area (TPSA) is 61.9 Å². The SMILES string of the molecule is C#CCOc1cc(-n2nnn(-c3cccc(F)c3)c2=O)c(F)cc1Cl. The van der Waals surface area contributed by atoms with Gasteiger partial charge < -0.3 is 4.74 Å². The van der Waals surface area contributed by atoms with Crippen molar-refractivity contribution in [3.05, 3.63) is 63.5 Å². The lowest BCUT2D eigenvalue weighted by molar-refractivity contribution is 0.369. The smallest absolute Gasteiger partial charge is 0.373 e. The van der Waals surface area contributed by atoms with E-state index in [1.54, 1.807) is 0 Å². The molecule has 3 rings (SSSR count). The van der Waals surface area contributed by atoms with Gasteiger partial charge in [-0.15, -0.1) is 6.42 Å². The molecule has 0 aliphatic heterocycles. The van der Waals surface area contributed by atoms with Crippen LogP contribution in [0.3, 0.4) is 0 Å². The first-order valence-corrected chi connectivity index (χ1v) is 7.25. The van der Waals surface area contributed by atoms with Crippen LogP contribution in [0.5, 0.6) is 5.75 Å². The molecule has 0 aliphatic rings. The van der Waals surface area contributed by atoms with Crippen LogP contribution in [0.1, 0.15) is 0 Å². The zero-order chi connectivity index (χ0) is 18.0. The predicted molar refractivity (Wildman–Crippen MR) is 86.2 cm³/mol. The lowest BCUT2D eigenvalue weighted by Gasteiger charge is -2.08. The minimum absolute atomic E-state index is 0.0120. The lowest BCUT2D eigenvalue weighted by atomic mass is 10.3. The Bertz CT molecular complexity index is 1040. The van der Waals surface area contributed by atoms with Crippen molar-refractivity contribution in [1.29, 1.82) is 0 Å². The molecule has 25 heavy (non-hydrogen) atoms. The van der Waals surface area contributed by atoms with Gasteiger partial charge in [-0.25, -0.2) is 13.6 Å². The predicted octanol–water partition coefficient (Wildman–Crippen LogP) is 2.36. The number of halogens is 3. The quantitative estimate of drug-likeness (QED) is 0.668. The molecule has 0 unspecified atom stereocenters. The number of hydrogen-bond acceptors (Lipinski definition) is 4. The Labute approximate surface area is 145 Å². The third kappa shape index (κ3) is 3.22. The molecule has 0 amide bonds. The second-order valence-electron chi connectivity index (χ2n) is 4.79. The molecule has 0 bridgehead atoms. The fraction of sp³-hybridized carbons (Fsp3) is 0.0625. The summed E-state index contributed by atoms with van der Waals surface area (Å²) >= 11 is 5.88. The molecule has 2 aromatic carbocycles. The van der Waals surface area contributed by atoms with Gasteiger partial charge in [0.1, 0.15) is 23.9 Å². The van der Waals surface area contributed by atoms with Gasteiger partial charge in [0.2, 0.25) is 0 Å². The standard InChI is InChI=1S/C16H9ClF2N4O2/c1-2-6-25-15-9-14(13(19)8-12(15)17)23-16(24)22(20-21-23)11-5-3-4-10(18)7-11/h1,3-5,7-9H,6H2. The van der Waals surface area contributed by atoms with E-state index in [1.807, 2.05) is 0 Å². The van der Waals surface area contributed by atoms with Gasteiger partial charge in [-0.3, -0.25) is 0 Å². The number of benzene rings is 2. The Kier molecular flexibility index (Phi) is 4.50. The van der Waals surface area contributed by atoms with Gasteiger partial charge >= 0.3 is 5.69 Å². The average Bonchev–Trinajstić information content (AvgIpc) is 2.95. The number of terminal acetylenes is 1. The van der Waals surface area contributed by atoms with Crippen molar-refractivity contribution in [2.75, 3.05) is 6.61 Å². The van der Waals surface area contributed by atoms with Gasteiger partial charge in [-0.1, -0.05) is 23.6 Å². The fourth-order valence-corrected chi connectivity index (χ4v) is 2.28. The number of nitrogens with zero attached hydrogens (tertiary/aromatic N) is 4. The van der Waals surface area contributed by atoms with E-state index < -0.39 is 17.3 Å². The Hall–Kier alpha value is -3.18. The molecule has 126 valence electrons. The Morgan fingerprint density at radius 3 is 2.68 bits per heavy atom. The number of hydrogen-bond donors (Lipinski definition) is 0. The Morgan fingerprint density at radius 1 is 1.20 bits per heavy atom. The van der Waals surface area contributed by atoms with Crippen molar-refractivity contribution in [3.8, 4) is 29.5 Å². The number of ether oxygens (including phenoxy) is 1. The average molecular weight is 363 g/mol. The maximum absolute atomic E-state index is 14.2. The Morgan fingerprint density at radius 2 is 1.96 bits per heavy atom. The summed E-state index contributed by atoms with van der Waals surface area (Å²) in [6.45, 7) is -0.0876. The molecule has 1 heterocycles. The molecule has 0 aliphatic carbocycles. The highest BCUT2D eigenvalue weighted by atomic mass is 35.5. The van der Waals surface area contributed by atoms with Crippen LogP contribution in [0, 0.1) is 24.0 Å². The maximum atomic E-state index is 14.2. The van der Waals surface area contributed by atoms with E-state index in [1.165, 1.54) is 24.3 Å².